The number of aliphatic hydroxyl groups is 1. The van der Waals surface area contributed by atoms with E-state index in [-0.39, 0.29) is 43.2 Å². The zero-order valence-corrected chi connectivity index (χ0v) is 21.0. The van der Waals surface area contributed by atoms with Crippen molar-refractivity contribution < 1.29 is 19.1 Å². The summed E-state index contributed by atoms with van der Waals surface area (Å²) in [4.78, 5) is 32.2. The topological polar surface area (TPSA) is 118 Å². The molecule has 0 bridgehead atoms. The molecule has 38 heavy (non-hydrogen) atoms. The molecule has 1 aliphatic rings. The summed E-state index contributed by atoms with van der Waals surface area (Å²) in [7, 11) is 0. The van der Waals surface area contributed by atoms with Crippen LogP contribution in [-0.4, -0.2) is 59.6 Å². The Balaban J connectivity index is 1.53. The van der Waals surface area contributed by atoms with Gasteiger partial charge in [0.25, 0.3) is 5.91 Å². The molecule has 2 amide bonds. The van der Waals surface area contributed by atoms with Crippen molar-refractivity contribution in [3.63, 3.8) is 0 Å². The average molecular weight is 516 g/mol. The fourth-order valence-corrected chi connectivity index (χ4v) is 4.61. The van der Waals surface area contributed by atoms with E-state index in [1.165, 1.54) is 12.1 Å². The first kappa shape index (κ1) is 26.8. The molecule has 9 heteroatoms. The maximum Gasteiger partial charge on any atom is 0.255 e. The molecule has 0 aliphatic carbocycles. The molecule has 1 saturated heterocycles. The number of nitrogens with one attached hydrogen (secondary N) is 2. The van der Waals surface area contributed by atoms with E-state index in [4.69, 9.17) is 0 Å². The molecule has 4 rings (SSSR count). The van der Waals surface area contributed by atoms with Crippen LogP contribution in [0.25, 0.3) is 11.3 Å². The molecule has 1 fully saturated rings. The van der Waals surface area contributed by atoms with Crippen LogP contribution in [-0.2, 0) is 11.2 Å². The Morgan fingerprint density at radius 2 is 2.03 bits per heavy atom. The van der Waals surface area contributed by atoms with E-state index >= 15 is 0 Å². The molecule has 0 spiro atoms. The first-order valence-electron chi connectivity index (χ1n) is 12.7. The maximum atomic E-state index is 13.6. The van der Waals surface area contributed by atoms with Crippen molar-refractivity contribution in [2.45, 2.75) is 19.3 Å². The second kappa shape index (κ2) is 12.8. The highest BCUT2D eigenvalue weighted by atomic mass is 19.1. The number of benzene rings is 2. The Hall–Kier alpha value is -4.29. The van der Waals surface area contributed by atoms with Crippen LogP contribution in [0.5, 0.6) is 0 Å². The molecular formula is C29H30FN5O3. The predicted molar refractivity (Wildman–Crippen MR) is 142 cm³/mol. The first-order valence-corrected chi connectivity index (χ1v) is 12.7. The fraction of sp³-hybridized carbons (Fsp3) is 0.310. The summed E-state index contributed by atoms with van der Waals surface area (Å²) in [6, 6.07) is 18.9. The van der Waals surface area contributed by atoms with E-state index in [9.17, 15) is 24.3 Å². The van der Waals surface area contributed by atoms with Gasteiger partial charge < -0.3 is 20.6 Å². The molecular weight excluding hydrogens is 485 g/mol. The Kier molecular flexibility index (Phi) is 9.01. The summed E-state index contributed by atoms with van der Waals surface area (Å²) in [5.41, 5.74) is 2.75. The number of nitriles is 1. The third-order valence-electron chi connectivity index (χ3n) is 6.58. The molecule has 3 aromatic rings. The Bertz CT molecular complexity index is 1340. The monoisotopic (exact) mass is 515 g/mol. The molecule has 1 aliphatic heterocycles. The van der Waals surface area contributed by atoms with Gasteiger partial charge >= 0.3 is 0 Å². The normalized spacial score (nSPS) is 15.1. The molecule has 8 nitrogen and oxygen atoms in total. The molecule has 1 unspecified atom stereocenters. The van der Waals surface area contributed by atoms with Gasteiger partial charge in [-0.1, -0.05) is 30.3 Å². The highest BCUT2D eigenvalue weighted by molar-refractivity contribution is 5.99. The van der Waals surface area contributed by atoms with E-state index in [1.807, 2.05) is 12.1 Å². The Morgan fingerprint density at radius 3 is 2.82 bits per heavy atom. The molecule has 0 saturated carbocycles. The molecule has 3 N–H and O–H groups in total. The molecule has 2 heterocycles. The number of likely N-dealkylation sites (tertiary alicyclic amines) is 1. The lowest BCUT2D eigenvalue weighted by Gasteiger charge is -2.32. The van der Waals surface area contributed by atoms with Crippen molar-refractivity contribution in [2.24, 2.45) is 5.92 Å². The number of carbonyl (C=O) groups is 2. The third kappa shape index (κ3) is 6.52. The fourth-order valence-electron chi connectivity index (χ4n) is 4.61. The number of aliphatic hydroxyl groups excluding tert-OH is 1. The number of halogens is 1. The van der Waals surface area contributed by atoms with E-state index in [0.717, 1.165) is 12.0 Å². The van der Waals surface area contributed by atoms with Crippen molar-refractivity contribution in [3.05, 3.63) is 83.2 Å². The predicted octanol–water partition coefficient (Wildman–Crippen LogP) is 3.37. The highest BCUT2D eigenvalue weighted by Crippen LogP contribution is 2.25. The number of piperidine rings is 1. The summed E-state index contributed by atoms with van der Waals surface area (Å²) < 4.78 is 13.6. The maximum absolute atomic E-state index is 13.6. The summed E-state index contributed by atoms with van der Waals surface area (Å²) in [6.45, 7) is 1.39. The number of hydrogen-bond acceptors (Lipinski definition) is 6. The number of hydrogen-bond donors (Lipinski definition) is 3. The second-order valence-electron chi connectivity index (χ2n) is 9.15. The number of amides is 2. The number of pyridine rings is 1. The van der Waals surface area contributed by atoms with Gasteiger partial charge in [-0.15, -0.1) is 0 Å². The van der Waals surface area contributed by atoms with Gasteiger partial charge in [-0.05, 0) is 55.2 Å². The van der Waals surface area contributed by atoms with Crippen molar-refractivity contribution in [1.29, 1.82) is 5.26 Å². The summed E-state index contributed by atoms with van der Waals surface area (Å²) in [6.07, 6.45) is 1.99. The van der Waals surface area contributed by atoms with Gasteiger partial charge in [0.15, 0.2) is 0 Å². The number of anilines is 1. The van der Waals surface area contributed by atoms with Crippen molar-refractivity contribution >= 4 is 17.6 Å². The van der Waals surface area contributed by atoms with Crippen LogP contribution in [0.1, 0.15) is 34.3 Å². The average Bonchev–Trinajstić information content (AvgIpc) is 2.93. The molecule has 196 valence electrons. The van der Waals surface area contributed by atoms with E-state index in [2.05, 4.69) is 21.7 Å². The van der Waals surface area contributed by atoms with Gasteiger partial charge in [0, 0.05) is 31.7 Å². The SMILES string of the molecule is N#Cc1ccccc1-c1ccc(C(=O)NCC2CCCN(CCO)C2=O)c(NCCc2cccc(F)c2)n1. The van der Waals surface area contributed by atoms with Crippen LogP contribution in [0.3, 0.4) is 0 Å². The van der Waals surface area contributed by atoms with Crippen molar-refractivity contribution in [1.82, 2.24) is 15.2 Å². The lowest BCUT2D eigenvalue weighted by molar-refractivity contribution is -0.138. The number of aromatic nitrogens is 1. The van der Waals surface area contributed by atoms with E-state index < -0.39 is 0 Å². The number of β-amino-alcohol motifs (C(OH)–C–C–N with tert-alkyl or cyclic N) is 1. The first-order chi connectivity index (χ1) is 18.5. The minimum Gasteiger partial charge on any atom is -0.395 e. The third-order valence-corrected chi connectivity index (χ3v) is 6.58. The molecule has 1 atom stereocenters. The van der Waals surface area contributed by atoms with Crippen LogP contribution in [0.2, 0.25) is 0 Å². The number of nitrogens with zero attached hydrogens (tertiary/aromatic N) is 3. The van der Waals surface area contributed by atoms with Gasteiger partial charge in [0.05, 0.1) is 35.4 Å². The largest absolute Gasteiger partial charge is 0.395 e. The van der Waals surface area contributed by atoms with E-state index in [0.29, 0.717) is 54.1 Å². The lowest BCUT2D eigenvalue weighted by Crippen LogP contribution is -2.46. The summed E-state index contributed by atoms with van der Waals surface area (Å²) >= 11 is 0. The standard InChI is InChI=1S/C29H30FN5O3/c30-23-8-3-5-20(17-23)12-13-32-27-25(10-11-26(34-27)24-9-2-1-6-21(24)18-31)28(37)33-19-22-7-4-14-35(15-16-36)29(22)38/h1-3,5-6,8-11,17,22,36H,4,7,12-16,19H2,(H,32,34)(H,33,37). The number of rotatable bonds is 10. The number of carbonyl (C=O) groups excluding carboxylic acids is 2. The minimum atomic E-state index is -0.377. The minimum absolute atomic E-state index is 0.0689. The van der Waals surface area contributed by atoms with Gasteiger partial charge in [-0.2, -0.15) is 5.26 Å². The summed E-state index contributed by atoms with van der Waals surface area (Å²) in [5, 5.41) is 24.8. The van der Waals surface area contributed by atoms with Crippen molar-refractivity contribution in [2.75, 3.05) is 38.1 Å². The highest BCUT2D eigenvalue weighted by Gasteiger charge is 2.29. The van der Waals surface area contributed by atoms with Crippen LogP contribution in [0, 0.1) is 23.1 Å². The van der Waals surface area contributed by atoms with Crippen LogP contribution in [0.4, 0.5) is 10.2 Å². The smallest absolute Gasteiger partial charge is 0.255 e. The zero-order chi connectivity index (χ0) is 26.9. The van der Waals surface area contributed by atoms with Crippen LogP contribution < -0.4 is 10.6 Å². The molecule has 0 radical (unpaired) electrons. The van der Waals surface area contributed by atoms with Crippen LogP contribution >= 0.6 is 0 Å². The van der Waals surface area contributed by atoms with E-state index in [1.54, 1.807) is 41.3 Å². The summed E-state index contributed by atoms with van der Waals surface area (Å²) in [5.74, 6) is -0.774. The Morgan fingerprint density at radius 1 is 1.18 bits per heavy atom. The lowest BCUT2D eigenvalue weighted by atomic mass is 9.96. The molecule has 1 aromatic heterocycles. The van der Waals surface area contributed by atoms with Gasteiger partial charge in [-0.3, -0.25) is 9.59 Å². The van der Waals surface area contributed by atoms with Gasteiger partial charge in [0.1, 0.15) is 11.6 Å². The zero-order valence-electron chi connectivity index (χ0n) is 21.0. The quantitative estimate of drug-likeness (QED) is 0.381. The Labute approximate surface area is 221 Å². The molecule has 2 aromatic carbocycles. The second-order valence-corrected chi connectivity index (χ2v) is 9.15. The van der Waals surface area contributed by atoms with Gasteiger partial charge in [0.2, 0.25) is 5.91 Å². The van der Waals surface area contributed by atoms with Gasteiger partial charge in [-0.25, -0.2) is 9.37 Å². The van der Waals surface area contributed by atoms with Crippen LogP contribution in [0.15, 0.2) is 60.7 Å². The van der Waals surface area contributed by atoms with Crippen molar-refractivity contribution in [3.8, 4) is 17.3 Å².